The van der Waals surface area contributed by atoms with Gasteiger partial charge in [-0.2, -0.15) is 0 Å². The molecule has 0 saturated heterocycles. The van der Waals surface area contributed by atoms with Crippen molar-refractivity contribution in [3.63, 3.8) is 0 Å². The number of hydrogen-bond acceptors (Lipinski definition) is 3. The van der Waals surface area contributed by atoms with Crippen LogP contribution in [0.15, 0.2) is 24.3 Å². The Morgan fingerprint density at radius 1 is 1.25 bits per heavy atom. The van der Waals surface area contributed by atoms with Gasteiger partial charge in [-0.3, -0.25) is 0 Å². The molecule has 1 atom stereocenters. The van der Waals surface area contributed by atoms with Gasteiger partial charge in [0.05, 0.1) is 0 Å². The number of hydrogen-bond donors (Lipinski definition) is 2. The Kier molecular flexibility index (Phi) is 5.29. The van der Waals surface area contributed by atoms with Gasteiger partial charge in [-0.05, 0) is 23.6 Å². The highest BCUT2D eigenvalue weighted by atomic mass is 16.3. The van der Waals surface area contributed by atoms with Gasteiger partial charge in [0.15, 0.2) is 0 Å². The molecule has 90 valence electrons. The maximum atomic E-state index is 8.88. The Bertz CT molecular complexity index is 295. The van der Waals surface area contributed by atoms with Crippen molar-refractivity contribution in [1.29, 1.82) is 0 Å². The molecule has 1 rings (SSSR count). The van der Waals surface area contributed by atoms with Gasteiger partial charge in [0, 0.05) is 39.5 Å². The fraction of sp³-hybridized carbons (Fsp3) is 0.538. The molecular weight excluding hydrogens is 200 g/mol. The van der Waals surface area contributed by atoms with Crippen molar-refractivity contribution in [1.82, 2.24) is 5.32 Å². The zero-order chi connectivity index (χ0) is 12.0. The number of nitrogens with zero attached hydrogens (tertiary/aromatic N) is 1. The van der Waals surface area contributed by atoms with Crippen LogP contribution in [0.1, 0.15) is 12.5 Å². The van der Waals surface area contributed by atoms with Crippen molar-refractivity contribution in [2.24, 2.45) is 5.92 Å². The summed E-state index contributed by atoms with van der Waals surface area (Å²) in [6.45, 7) is 3.98. The minimum Gasteiger partial charge on any atom is -0.396 e. The number of anilines is 1. The van der Waals surface area contributed by atoms with Gasteiger partial charge < -0.3 is 15.3 Å². The predicted octanol–water partition coefficient (Wildman–Crippen LogP) is 1.47. The number of benzene rings is 1. The van der Waals surface area contributed by atoms with Crippen molar-refractivity contribution in [2.75, 3.05) is 32.1 Å². The van der Waals surface area contributed by atoms with E-state index in [-0.39, 0.29) is 6.61 Å². The lowest BCUT2D eigenvalue weighted by Crippen LogP contribution is -2.22. The van der Waals surface area contributed by atoms with E-state index in [0.717, 1.165) is 13.1 Å². The summed E-state index contributed by atoms with van der Waals surface area (Å²) in [5.74, 6) is 0.320. The van der Waals surface area contributed by atoms with Crippen LogP contribution < -0.4 is 10.2 Å². The Labute approximate surface area is 98.1 Å². The fourth-order valence-corrected chi connectivity index (χ4v) is 1.44. The molecule has 1 unspecified atom stereocenters. The van der Waals surface area contributed by atoms with E-state index in [4.69, 9.17) is 5.11 Å². The van der Waals surface area contributed by atoms with Crippen molar-refractivity contribution in [3.05, 3.63) is 29.8 Å². The van der Waals surface area contributed by atoms with E-state index in [9.17, 15) is 0 Å². The van der Waals surface area contributed by atoms with Gasteiger partial charge in [0.25, 0.3) is 0 Å². The SMILES string of the molecule is CC(CO)CNCc1ccc(N(C)C)cc1. The average Bonchev–Trinajstić information content (AvgIpc) is 2.29. The van der Waals surface area contributed by atoms with Crippen LogP contribution in [0.3, 0.4) is 0 Å². The second-order valence-corrected chi connectivity index (χ2v) is 4.48. The van der Waals surface area contributed by atoms with Gasteiger partial charge in [-0.25, -0.2) is 0 Å². The standard InChI is InChI=1S/C13H22N2O/c1-11(10-16)8-14-9-12-4-6-13(7-5-12)15(2)3/h4-7,11,14,16H,8-10H2,1-3H3. The number of rotatable bonds is 6. The summed E-state index contributed by atoms with van der Waals surface area (Å²) in [6, 6.07) is 8.50. The first kappa shape index (κ1) is 13.0. The molecule has 0 aliphatic carbocycles. The zero-order valence-electron chi connectivity index (χ0n) is 10.4. The minimum atomic E-state index is 0.243. The second kappa shape index (κ2) is 6.51. The first-order valence-corrected chi connectivity index (χ1v) is 5.71. The van der Waals surface area contributed by atoms with E-state index in [0.29, 0.717) is 5.92 Å². The van der Waals surface area contributed by atoms with Gasteiger partial charge >= 0.3 is 0 Å². The molecule has 16 heavy (non-hydrogen) atoms. The summed E-state index contributed by atoms with van der Waals surface area (Å²) in [6.07, 6.45) is 0. The largest absolute Gasteiger partial charge is 0.396 e. The molecule has 1 aromatic rings. The van der Waals surface area contributed by atoms with Gasteiger partial charge in [0.2, 0.25) is 0 Å². The van der Waals surface area contributed by atoms with Crippen LogP contribution in [0, 0.1) is 5.92 Å². The topological polar surface area (TPSA) is 35.5 Å². The van der Waals surface area contributed by atoms with E-state index < -0.39 is 0 Å². The molecule has 0 saturated carbocycles. The molecule has 0 aromatic heterocycles. The van der Waals surface area contributed by atoms with E-state index in [1.165, 1.54) is 11.3 Å². The van der Waals surface area contributed by atoms with Gasteiger partial charge in [-0.1, -0.05) is 19.1 Å². The summed E-state index contributed by atoms with van der Waals surface area (Å²) in [5, 5.41) is 12.2. The Hall–Kier alpha value is -1.06. The minimum absolute atomic E-state index is 0.243. The summed E-state index contributed by atoms with van der Waals surface area (Å²) in [5.41, 5.74) is 2.49. The predicted molar refractivity (Wildman–Crippen MR) is 68.7 cm³/mol. The lowest BCUT2D eigenvalue weighted by molar-refractivity contribution is 0.233. The highest BCUT2D eigenvalue weighted by Gasteiger charge is 1.99. The van der Waals surface area contributed by atoms with Crippen LogP contribution in [-0.2, 0) is 6.54 Å². The normalized spacial score (nSPS) is 12.5. The van der Waals surface area contributed by atoms with Gasteiger partial charge in [-0.15, -0.1) is 0 Å². The van der Waals surface area contributed by atoms with Crippen molar-refractivity contribution in [3.8, 4) is 0 Å². The quantitative estimate of drug-likeness (QED) is 0.765. The van der Waals surface area contributed by atoms with E-state index in [1.54, 1.807) is 0 Å². The maximum absolute atomic E-state index is 8.88. The number of aliphatic hydroxyl groups excluding tert-OH is 1. The summed E-state index contributed by atoms with van der Waals surface area (Å²) in [4.78, 5) is 2.09. The molecule has 0 radical (unpaired) electrons. The molecule has 0 fully saturated rings. The monoisotopic (exact) mass is 222 g/mol. The first-order valence-electron chi connectivity index (χ1n) is 5.71. The summed E-state index contributed by atoms with van der Waals surface area (Å²) >= 11 is 0. The lowest BCUT2D eigenvalue weighted by atomic mass is 10.1. The van der Waals surface area contributed by atoms with Crippen LogP contribution in [0.5, 0.6) is 0 Å². The van der Waals surface area contributed by atoms with Crippen LogP contribution in [0.4, 0.5) is 5.69 Å². The highest BCUT2D eigenvalue weighted by molar-refractivity contribution is 5.45. The molecule has 0 spiro atoms. The Balaban J connectivity index is 2.38. The van der Waals surface area contributed by atoms with Gasteiger partial charge in [0.1, 0.15) is 0 Å². The third kappa shape index (κ3) is 4.21. The van der Waals surface area contributed by atoms with Crippen LogP contribution in [0.25, 0.3) is 0 Å². The molecule has 0 aliphatic heterocycles. The average molecular weight is 222 g/mol. The summed E-state index contributed by atoms with van der Waals surface area (Å²) < 4.78 is 0. The second-order valence-electron chi connectivity index (χ2n) is 4.48. The zero-order valence-corrected chi connectivity index (χ0v) is 10.4. The molecule has 0 heterocycles. The molecule has 2 N–H and O–H groups in total. The smallest absolute Gasteiger partial charge is 0.0468 e. The molecule has 3 nitrogen and oxygen atoms in total. The molecule has 0 bridgehead atoms. The van der Waals surface area contributed by atoms with Crippen LogP contribution in [-0.4, -0.2) is 32.4 Å². The molecule has 1 aromatic carbocycles. The van der Waals surface area contributed by atoms with Crippen molar-refractivity contribution >= 4 is 5.69 Å². The van der Waals surface area contributed by atoms with E-state index in [1.807, 2.05) is 21.0 Å². The van der Waals surface area contributed by atoms with Crippen LogP contribution in [0.2, 0.25) is 0 Å². The van der Waals surface area contributed by atoms with Crippen molar-refractivity contribution < 1.29 is 5.11 Å². The number of aliphatic hydroxyl groups is 1. The fourth-order valence-electron chi connectivity index (χ4n) is 1.44. The Morgan fingerprint density at radius 2 is 1.88 bits per heavy atom. The maximum Gasteiger partial charge on any atom is 0.0468 e. The molecule has 3 heteroatoms. The van der Waals surface area contributed by atoms with E-state index >= 15 is 0 Å². The molecule has 0 aliphatic rings. The highest BCUT2D eigenvalue weighted by Crippen LogP contribution is 2.11. The van der Waals surface area contributed by atoms with E-state index in [2.05, 4.69) is 34.5 Å². The first-order chi connectivity index (χ1) is 7.63. The van der Waals surface area contributed by atoms with Crippen molar-refractivity contribution in [2.45, 2.75) is 13.5 Å². The Morgan fingerprint density at radius 3 is 2.38 bits per heavy atom. The molecule has 0 amide bonds. The lowest BCUT2D eigenvalue weighted by Gasteiger charge is -2.13. The molecular formula is C13H22N2O. The third-order valence-corrected chi connectivity index (χ3v) is 2.59. The van der Waals surface area contributed by atoms with Crippen LogP contribution >= 0.6 is 0 Å². The summed E-state index contributed by atoms with van der Waals surface area (Å²) in [7, 11) is 4.08. The number of nitrogens with one attached hydrogen (secondary N) is 1. The third-order valence-electron chi connectivity index (χ3n) is 2.59.